The van der Waals surface area contributed by atoms with Gasteiger partial charge in [-0.1, -0.05) is 18.5 Å². The number of anilines is 2. The third-order valence-electron chi connectivity index (χ3n) is 10.3. The summed E-state index contributed by atoms with van der Waals surface area (Å²) in [4.78, 5) is 15.6. The number of aryl methyl sites for hydroxylation is 1. The molecule has 2 aliphatic heterocycles. The molecule has 2 aliphatic carbocycles. The van der Waals surface area contributed by atoms with Gasteiger partial charge < -0.3 is 25.2 Å². The van der Waals surface area contributed by atoms with Gasteiger partial charge in [0.25, 0.3) is 0 Å². The summed E-state index contributed by atoms with van der Waals surface area (Å²) in [6.45, 7) is 8.48. The number of thiophene rings is 1. The Morgan fingerprint density at radius 1 is 1.33 bits per heavy atom. The van der Waals surface area contributed by atoms with E-state index in [4.69, 9.17) is 25.0 Å². The molecule has 0 aromatic carbocycles. The average Bonchev–Trinajstić information content (AvgIpc) is 3.33. The van der Waals surface area contributed by atoms with Crippen molar-refractivity contribution in [3.8, 4) is 23.5 Å². The summed E-state index contributed by atoms with van der Waals surface area (Å²) in [6, 6.07) is 4.57. The van der Waals surface area contributed by atoms with Crippen molar-refractivity contribution in [3.05, 3.63) is 33.4 Å². The number of fused-ring (bicyclic) bond motifs is 1. The molecular weight excluding hydrogens is 603 g/mol. The lowest BCUT2D eigenvalue weighted by molar-refractivity contribution is 0.117. The molecule has 2 saturated heterocycles. The van der Waals surface area contributed by atoms with E-state index in [1.165, 1.54) is 16.2 Å². The van der Waals surface area contributed by atoms with E-state index in [9.17, 15) is 9.65 Å². The lowest BCUT2D eigenvalue weighted by atomic mass is 9.81. The zero-order valence-corrected chi connectivity index (χ0v) is 28.1. The molecule has 0 unspecified atom stereocenters. The number of unbranched alkanes of at least 4 members (excludes halogenated alkanes) is 1. The summed E-state index contributed by atoms with van der Waals surface area (Å²) in [7, 11) is 1.95. The Hall–Kier alpha value is -3.27. The highest BCUT2D eigenvalue weighted by Gasteiger charge is 2.48. The van der Waals surface area contributed by atoms with Gasteiger partial charge in [-0.05, 0) is 77.8 Å². The Labute approximate surface area is 274 Å². The standard InChI is InChI=1S/C34H45FN8O2S/c1-5-6-8-23-30(41-45-31(23)22-9-7-10-26-29(22)24(15-36)32(37)46-26)33-38-27(43-16-19(2)40-34(18-43)11-12-34)14-28(39-33)44-20(3)25-13-21(35)17-42(25)4/h14,19-22,25,40H,5-13,16-18,37H2,1-4H3/t19-,20+,21-,22+,25+/m1/s1. The topological polar surface area (TPSA) is 129 Å². The first kappa shape index (κ1) is 31.3. The number of alkyl halides is 1. The molecule has 0 bridgehead atoms. The van der Waals surface area contributed by atoms with Crippen LogP contribution in [0.1, 0.15) is 99.0 Å². The Kier molecular flexibility index (Phi) is 8.44. The number of piperazine rings is 1. The van der Waals surface area contributed by atoms with Crippen molar-refractivity contribution in [1.82, 2.24) is 25.3 Å². The van der Waals surface area contributed by atoms with Crippen molar-refractivity contribution in [2.75, 3.05) is 37.3 Å². The number of nitriles is 1. The second kappa shape index (κ2) is 12.4. The number of likely N-dealkylation sites (tertiary alicyclic amines) is 1. The first-order valence-electron chi connectivity index (χ1n) is 16.9. The molecule has 246 valence electrons. The van der Waals surface area contributed by atoms with Crippen LogP contribution in [0.5, 0.6) is 5.88 Å². The normalized spacial score (nSPS) is 26.2. The van der Waals surface area contributed by atoms with E-state index in [-0.39, 0.29) is 23.6 Å². The predicted octanol–water partition coefficient (Wildman–Crippen LogP) is 5.60. The third kappa shape index (κ3) is 5.86. The Bertz CT molecular complexity index is 1630. The molecule has 3 N–H and O–H groups in total. The van der Waals surface area contributed by atoms with Gasteiger partial charge in [-0.25, -0.2) is 9.37 Å². The SMILES string of the molecule is CCCCc1c(-c2nc(O[C@@H](C)[C@@H]3C[C@@H](F)CN3C)cc(N3C[C@@H](C)NC4(CC4)C3)n2)noc1[C@H]1CCCc2sc(N)c(C#N)c21. The largest absolute Gasteiger partial charge is 0.473 e. The van der Waals surface area contributed by atoms with Crippen LogP contribution >= 0.6 is 11.3 Å². The number of nitrogens with two attached hydrogens (primary N) is 1. The van der Waals surface area contributed by atoms with Crippen LogP contribution in [0.25, 0.3) is 11.5 Å². The highest BCUT2D eigenvalue weighted by Crippen LogP contribution is 2.47. The van der Waals surface area contributed by atoms with Gasteiger partial charge in [0.2, 0.25) is 5.88 Å². The van der Waals surface area contributed by atoms with Crippen molar-refractivity contribution >= 4 is 22.2 Å². The summed E-state index contributed by atoms with van der Waals surface area (Å²) in [5, 5.41) is 19.0. The van der Waals surface area contributed by atoms with Crippen molar-refractivity contribution in [2.24, 2.45) is 0 Å². The smallest absolute Gasteiger partial charge is 0.219 e. The molecule has 3 aromatic heterocycles. The van der Waals surface area contributed by atoms with Crippen LogP contribution in [-0.2, 0) is 12.8 Å². The van der Waals surface area contributed by atoms with Crippen molar-refractivity contribution < 1.29 is 13.7 Å². The summed E-state index contributed by atoms with van der Waals surface area (Å²) < 4.78 is 27.1. The van der Waals surface area contributed by atoms with Crippen molar-refractivity contribution in [3.63, 3.8) is 0 Å². The quantitative estimate of drug-likeness (QED) is 0.303. The number of hydrogen-bond acceptors (Lipinski definition) is 11. The predicted molar refractivity (Wildman–Crippen MR) is 177 cm³/mol. The molecule has 5 atom stereocenters. The Morgan fingerprint density at radius 2 is 2.15 bits per heavy atom. The second-order valence-electron chi connectivity index (χ2n) is 14.0. The van der Waals surface area contributed by atoms with Gasteiger partial charge in [-0.2, -0.15) is 10.2 Å². The van der Waals surface area contributed by atoms with E-state index in [0.29, 0.717) is 47.0 Å². The number of nitrogen functional groups attached to an aromatic ring is 1. The number of nitrogens with one attached hydrogen (secondary N) is 1. The van der Waals surface area contributed by atoms with Gasteiger partial charge in [0.1, 0.15) is 34.9 Å². The Balaban J connectivity index is 1.30. The first-order valence-corrected chi connectivity index (χ1v) is 17.7. The lowest BCUT2D eigenvalue weighted by Crippen LogP contribution is -2.57. The highest BCUT2D eigenvalue weighted by atomic mass is 32.1. The summed E-state index contributed by atoms with van der Waals surface area (Å²) in [6.07, 6.45) is 7.12. The zero-order chi connectivity index (χ0) is 32.2. The van der Waals surface area contributed by atoms with E-state index in [1.54, 1.807) is 0 Å². The minimum Gasteiger partial charge on any atom is -0.473 e. The van der Waals surface area contributed by atoms with E-state index in [1.807, 2.05) is 24.9 Å². The van der Waals surface area contributed by atoms with Crippen LogP contribution in [0.3, 0.4) is 0 Å². The maximum atomic E-state index is 14.3. The van der Waals surface area contributed by atoms with Gasteiger partial charge in [0.15, 0.2) is 11.5 Å². The summed E-state index contributed by atoms with van der Waals surface area (Å²) >= 11 is 1.52. The number of likely N-dealkylation sites (N-methyl/N-ethyl adjacent to an activating group) is 1. The van der Waals surface area contributed by atoms with Gasteiger partial charge in [0, 0.05) is 59.7 Å². The molecule has 1 saturated carbocycles. The number of rotatable bonds is 9. The van der Waals surface area contributed by atoms with Gasteiger partial charge in [-0.15, -0.1) is 11.3 Å². The maximum Gasteiger partial charge on any atom is 0.219 e. The fraction of sp³-hybridized carbons (Fsp3) is 0.647. The third-order valence-corrected chi connectivity index (χ3v) is 11.4. The molecule has 5 heterocycles. The molecule has 0 radical (unpaired) electrons. The molecule has 4 aliphatic rings. The number of hydrogen-bond donors (Lipinski definition) is 2. The lowest BCUT2D eigenvalue weighted by Gasteiger charge is -2.39. The summed E-state index contributed by atoms with van der Waals surface area (Å²) in [5.41, 5.74) is 9.63. The maximum absolute atomic E-state index is 14.3. The van der Waals surface area contributed by atoms with Crippen molar-refractivity contribution in [1.29, 1.82) is 5.26 Å². The van der Waals surface area contributed by atoms with Gasteiger partial charge in [-0.3, -0.25) is 4.90 Å². The second-order valence-corrected chi connectivity index (χ2v) is 15.1. The number of nitrogens with zero attached hydrogens (tertiary/aromatic N) is 6. The van der Waals surface area contributed by atoms with Crippen LogP contribution in [0.15, 0.2) is 10.6 Å². The Morgan fingerprint density at radius 3 is 2.87 bits per heavy atom. The molecule has 7 rings (SSSR count). The fourth-order valence-corrected chi connectivity index (χ4v) is 9.07. The summed E-state index contributed by atoms with van der Waals surface area (Å²) in [5.74, 6) is 2.44. The van der Waals surface area contributed by atoms with Crippen LogP contribution < -0.4 is 20.7 Å². The van der Waals surface area contributed by atoms with Crippen LogP contribution in [-0.4, -0.2) is 76.6 Å². The van der Waals surface area contributed by atoms with E-state index in [2.05, 4.69) is 35.3 Å². The minimum atomic E-state index is -0.857. The van der Waals surface area contributed by atoms with Crippen LogP contribution in [0, 0.1) is 11.3 Å². The zero-order valence-electron chi connectivity index (χ0n) is 27.3. The molecule has 1 spiro atoms. The molecule has 3 fully saturated rings. The van der Waals surface area contributed by atoms with Crippen LogP contribution in [0.4, 0.5) is 15.2 Å². The molecule has 10 nitrogen and oxygen atoms in total. The van der Waals surface area contributed by atoms with Gasteiger partial charge in [0.05, 0.1) is 5.56 Å². The fourth-order valence-electron chi connectivity index (χ4n) is 7.95. The molecule has 46 heavy (non-hydrogen) atoms. The number of aromatic nitrogens is 3. The number of ether oxygens (including phenoxy) is 1. The van der Waals surface area contributed by atoms with Crippen LogP contribution in [0.2, 0.25) is 0 Å². The van der Waals surface area contributed by atoms with Crippen molar-refractivity contribution in [2.45, 2.75) is 114 Å². The number of halogens is 1. The monoisotopic (exact) mass is 648 g/mol. The first-order chi connectivity index (χ1) is 22.2. The minimum absolute atomic E-state index is 0.0440. The highest BCUT2D eigenvalue weighted by molar-refractivity contribution is 7.16. The molecule has 0 amide bonds. The molecular formula is C34H45FN8O2S. The average molecular weight is 649 g/mol. The van der Waals surface area contributed by atoms with E-state index in [0.717, 1.165) is 87.2 Å². The van der Waals surface area contributed by atoms with E-state index < -0.39 is 6.17 Å². The molecule has 3 aromatic rings. The van der Waals surface area contributed by atoms with E-state index >= 15 is 0 Å². The van der Waals surface area contributed by atoms with Gasteiger partial charge >= 0.3 is 0 Å². The molecule has 12 heteroatoms.